The number of hydrogen-bond acceptors (Lipinski definition) is 4. The number of nitrogens with zero attached hydrogens (tertiary/aromatic N) is 3. The van der Waals surface area contributed by atoms with Crippen molar-refractivity contribution in [3.8, 4) is 0 Å². The predicted molar refractivity (Wildman–Crippen MR) is 84.0 cm³/mol. The molecule has 22 heavy (non-hydrogen) atoms. The van der Waals surface area contributed by atoms with Gasteiger partial charge in [-0.25, -0.2) is 4.79 Å². The topological polar surface area (TPSA) is 87.1 Å². The van der Waals surface area contributed by atoms with Gasteiger partial charge in [-0.15, -0.1) is 0 Å². The van der Waals surface area contributed by atoms with Crippen molar-refractivity contribution in [3.05, 3.63) is 71.5 Å². The zero-order valence-electron chi connectivity index (χ0n) is 11.8. The molecule has 0 fully saturated rings. The molecule has 114 valence electrons. The Morgan fingerprint density at radius 1 is 1.14 bits per heavy atom. The molecule has 1 aromatic heterocycles. The van der Waals surface area contributed by atoms with Gasteiger partial charge in [0.25, 0.3) is 0 Å². The molecule has 1 aromatic carbocycles. The number of hydrogen-bond donors (Lipinski definition) is 0. The van der Waals surface area contributed by atoms with Crippen LogP contribution in [0.1, 0.15) is 11.3 Å². The van der Waals surface area contributed by atoms with E-state index < -0.39 is 21.9 Å². The molecular weight excluding hydrogens is 310 g/mol. The Morgan fingerprint density at radius 3 is 2.36 bits per heavy atom. The van der Waals surface area contributed by atoms with Crippen molar-refractivity contribution in [1.82, 2.24) is 9.13 Å². The van der Waals surface area contributed by atoms with Crippen molar-refractivity contribution < 1.29 is 4.92 Å². The SMILES string of the molecule is Cn1c(C=Cc2ccccc2Cl)c([N+](=O)[O-])c(=O)n(C)c1=O. The van der Waals surface area contributed by atoms with Crippen LogP contribution >= 0.6 is 11.6 Å². The fourth-order valence-corrected chi connectivity index (χ4v) is 2.18. The Kier molecular flexibility index (Phi) is 4.27. The molecule has 7 nitrogen and oxygen atoms in total. The first-order chi connectivity index (χ1) is 10.3. The van der Waals surface area contributed by atoms with Gasteiger partial charge >= 0.3 is 16.9 Å². The van der Waals surface area contributed by atoms with Crippen molar-refractivity contribution in [3.63, 3.8) is 0 Å². The molecule has 2 rings (SSSR count). The first-order valence-corrected chi connectivity index (χ1v) is 6.59. The van der Waals surface area contributed by atoms with Crippen LogP contribution in [0.5, 0.6) is 0 Å². The summed E-state index contributed by atoms with van der Waals surface area (Å²) in [6, 6.07) is 6.88. The molecule has 0 aliphatic carbocycles. The number of rotatable bonds is 3. The summed E-state index contributed by atoms with van der Waals surface area (Å²) >= 11 is 6.00. The lowest BCUT2D eigenvalue weighted by Gasteiger charge is -2.07. The summed E-state index contributed by atoms with van der Waals surface area (Å²) in [4.78, 5) is 34.2. The molecule has 1 heterocycles. The maximum Gasteiger partial charge on any atom is 0.357 e. The normalized spacial score (nSPS) is 11.0. The van der Waals surface area contributed by atoms with Crippen LogP contribution < -0.4 is 11.2 Å². The zero-order valence-corrected chi connectivity index (χ0v) is 12.6. The molecule has 8 heteroatoms. The van der Waals surface area contributed by atoms with E-state index in [9.17, 15) is 19.7 Å². The van der Waals surface area contributed by atoms with Crippen LogP contribution in [0.3, 0.4) is 0 Å². The van der Waals surface area contributed by atoms with Gasteiger partial charge in [0, 0.05) is 19.1 Å². The second-order valence-electron chi connectivity index (χ2n) is 4.55. The highest BCUT2D eigenvalue weighted by Crippen LogP contribution is 2.19. The van der Waals surface area contributed by atoms with E-state index in [1.807, 2.05) is 0 Å². The van der Waals surface area contributed by atoms with Crippen LogP contribution in [0, 0.1) is 10.1 Å². The third kappa shape index (κ3) is 2.71. The molecule has 0 saturated heterocycles. The van der Waals surface area contributed by atoms with Crippen LogP contribution in [-0.4, -0.2) is 14.1 Å². The molecule has 0 amide bonds. The van der Waals surface area contributed by atoms with Crippen LogP contribution in [-0.2, 0) is 14.1 Å². The minimum atomic E-state index is -0.952. The van der Waals surface area contributed by atoms with Gasteiger partial charge in [-0.3, -0.25) is 24.0 Å². The third-order valence-corrected chi connectivity index (χ3v) is 3.54. The summed E-state index contributed by atoms with van der Waals surface area (Å²) in [6.07, 6.45) is 2.85. The van der Waals surface area contributed by atoms with Crippen molar-refractivity contribution in [1.29, 1.82) is 0 Å². The number of nitro groups is 1. The molecule has 0 saturated carbocycles. The van der Waals surface area contributed by atoms with Gasteiger partial charge in [-0.1, -0.05) is 35.9 Å². The highest BCUT2D eigenvalue weighted by atomic mass is 35.5. The Hall–Kier alpha value is -2.67. The standard InChI is InChI=1S/C14H12ClN3O4/c1-16-11(8-7-9-5-3-4-6-10(9)15)12(18(21)22)13(19)17(2)14(16)20/h3-8H,1-2H3. The van der Waals surface area contributed by atoms with E-state index in [0.717, 1.165) is 4.57 Å². The first kappa shape index (κ1) is 15.7. The van der Waals surface area contributed by atoms with Crippen LogP contribution in [0.15, 0.2) is 33.9 Å². The van der Waals surface area contributed by atoms with Gasteiger partial charge in [-0.05, 0) is 17.7 Å². The fraction of sp³-hybridized carbons (Fsp3) is 0.143. The lowest BCUT2D eigenvalue weighted by atomic mass is 10.2. The predicted octanol–water partition coefficient (Wildman–Crippen LogP) is 1.82. The lowest BCUT2D eigenvalue weighted by molar-refractivity contribution is -0.387. The minimum absolute atomic E-state index is 0.0852. The second kappa shape index (κ2) is 5.98. The largest absolute Gasteiger partial charge is 0.357 e. The number of aromatic nitrogens is 2. The number of halogens is 1. The highest BCUT2D eigenvalue weighted by molar-refractivity contribution is 6.32. The van der Waals surface area contributed by atoms with Crippen LogP contribution in [0.2, 0.25) is 5.02 Å². The van der Waals surface area contributed by atoms with Crippen LogP contribution in [0.25, 0.3) is 12.2 Å². The maximum absolute atomic E-state index is 11.9. The van der Waals surface area contributed by atoms with Crippen molar-refractivity contribution in [2.75, 3.05) is 0 Å². The molecule has 0 bridgehead atoms. The van der Waals surface area contributed by atoms with Crippen molar-refractivity contribution in [2.45, 2.75) is 0 Å². The Labute approximate surface area is 129 Å². The second-order valence-corrected chi connectivity index (χ2v) is 4.96. The van der Waals surface area contributed by atoms with Crippen molar-refractivity contribution in [2.24, 2.45) is 14.1 Å². The van der Waals surface area contributed by atoms with Gasteiger partial charge in [0.1, 0.15) is 5.69 Å². The summed E-state index contributed by atoms with van der Waals surface area (Å²) < 4.78 is 1.75. The maximum atomic E-state index is 11.9. The summed E-state index contributed by atoms with van der Waals surface area (Å²) in [5, 5.41) is 11.6. The molecule has 0 atom stereocenters. The van der Waals surface area contributed by atoms with Crippen molar-refractivity contribution >= 4 is 29.4 Å². The Morgan fingerprint density at radius 2 is 1.77 bits per heavy atom. The molecular formula is C14H12ClN3O4. The smallest absolute Gasteiger partial charge is 0.291 e. The highest BCUT2D eigenvalue weighted by Gasteiger charge is 2.23. The summed E-state index contributed by atoms with van der Waals surface area (Å²) in [6.45, 7) is 0. The van der Waals surface area contributed by atoms with E-state index >= 15 is 0 Å². The summed E-state index contributed by atoms with van der Waals surface area (Å²) in [5.41, 5.74) is -1.72. The Bertz CT molecular complexity index is 896. The molecule has 0 aliphatic rings. The lowest BCUT2D eigenvalue weighted by Crippen LogP contribution is -2.39. The molecule has 0 radical (unpaired) electrons. The first-order valence-electron chi connectivity index (χ1n) is 6.21. The van der Waals surface area contributed by atoms with Gasteiger partial charge in [0.15, 0.2) is 0 Å². The zero-order chi connectivity index (χ0) is 16.4. The minimum Gasteiger partial charge on any atom is -0.291 e. The fourth-order valence-electron chi connectivity index (χ4n) is 1.98. The van der Waals surface area contributed by atoms with Gasteiger partial charge in [0.2, 0.25) is 0 Å². The molecule has 0 spiro atoms. The van der Waals surface area contributed by atoms with Gasteiger partial charge in [-0.2, -0.15) is 0 Å². The molecule has 0 N–H and O–H groups in total. The summed E-state index contributed by atoms with van der Waals surface area (Å²) in [7, 11) is 2.56. The molecule has 2 aromatic rings. The van der Waals surface area contributed by atoms with Gasteiger partial charge < -0.3 is 0 Å². The van der Waals surface area contributed by atoms with E-state index in [0.29, 0.717) is 15.2 Å². The summed E-state index contributed by atoms with van der Waals surface area (Å²) in [5.74, 6) is 0. The van der Waals surface area contributed by atoms with Gasteiger partial charge in [0.05, 0.1) is 4.92 Å². The van der Waals surface area contributed by atoms with Crippen LogP contribution in [0.4, 0.5) is 5.69 Å². The van der Waals surface area contributed by atoms with E-state index in [-0.39, 0.29) is 5.69 Å². The quantitative estimate of drug-likeness (QED) is 0.637. The average molecular weight is 322 g/mol. The Balaban J connectivity index is 2.71. The van der Waals surface area contributed by atoms with E-state index in [4.69, 9.17) is 11.6 Å². The van der Waals surface area contributed by atoms with E-state index in [1.54, 1.807) is 24.3 Å². The molecule has 0 aliphatic heterocycles. The van der Waals surface area contributed by atoms with E-state index in [1.165, 1.54) is 26.2 Å². The van der Waals surface area contributed by atoms with E-state index in [2.05, 4.69) is 0 Å². The monoisotopic (exact) mass is 321 g/mol. The average Bonchev–Trinajstić information content (AvgIpc) is 2.48. The third-order valence-electron chi connectivity index (χ3n) is 3.19. The molecule has 0 unspecified atom stereocenters. The number of benzene rings is 1.